The van der Waals surface area contributed by atoms with Crippen LogP contribution in [0.1, 0.15) is 31.4 Å². The summed E-state index contributed by atoms with van der Waals surface area (Å²) >= 11 is 5.36. The number of thiocarbonyl (C=S) groups is 1. The summed E-state index contributed by atoms with van der Waals surface area (Å²) < 4.78 is 4.95. The lowest BCUT2D eigenvalue weighted by Crippen LogP contribution is -2.46. The van der Waals surface area contributed by atoms with Crippen LogP contribution in [0, 0.1) is 5.92 Å². The molecule has 1 unspecified atom stereocenters. The van der Waals surface area contributed by atoms with Crippen LogP contribution in [0.25, 0.3) is 0 Å². The minimum atomic E-state index is -0.422. The van der Waals surface area contributed by atoms with E-state index in [0.717, 1.165) is 24.1 Å². The Morgan fingerprint density at radius 1 is 1.36 bits per heavy atom. The Bertz CT molecular complexity index is 771. The van der Waals surface area contributed by atoms with Crippen molar-refractivity contribution in [2.75, 3.05) is 19.5 Å². The summed E-state index contributed by atoms with van der Waals surface area (Å²) in [5.41, 5.74) is 2.80. The normalized spacial score (nSPS) is 20.2. The van der Waals surface area contributed by atoms with Crippen LogP contribution < -0.4 is 10.6 Å². The number of nitrogens with zero attached hydrogens (tertiary/aromatic N) is 1. The number of allylic oxidation sites excluding steroid dienone is 1. The number of ether oxygens (including phenoxy) is 1. The molecule has 0 radical (unpaired) electrons. The van der Waals surface area contributed by atoms with E-state index in [-0.39, 0.29) is 11.8 Å². The Labute approximate surface area is 152 Å². The first-order valence-corrected chi connectivity index (χ1v) is 8.57. The molecular formula is C18H21N3O3S. The number of rotatable bonds is 4. The summed E-state index contributed by atoms with van der Waals surface area (Å²) in [5.74, 6) is -0.230. The van der Waals surface area contributed by atoms with Gasteiger partial charge in [0.2, 0.25) is 5.91 Å². The van der Waals surface area contributed by atoms with E-state index < -0.39 is 12.0 Å². The molecule has 1 saturated carbocycles. The molecule has 1 aliphatic heterocycles. The smallest absolute Gasteiger partial charge is 0.337 e. The van der Waals surface area contributed by atoms with Crippen molar-refractivity contribution >= 4 is 34.9 Å². The molecule has 0 spiro atoms. The van der Waals surface area contributed by atoms with Crippen LogP contribution in [-0.4, -0.2) is 36.0 Å². The van der Waals surface area contributed by atoms with Gasteiger partial charge in [0.15, 0.2) is 5.11 Å². The van der Waals surface area contributed by atoms with Gasteiger partial charge < -0.3 is 20.3 Å². The second-order valence-electron chi connectivity index (χ2n) is 6.32. The molecule has 1 fully saturated rings. The van der Waals surface area contributed by atoms with Crippen LogP contribution in [0.4, 0.5) is 5.69 Å². The van der Waals surface area contributed by atoms with Gasteiger partial charge in [0.1, 0.15) is 0 Å². The van der Waals surface area contributed by atoms with Gasteiger partial charge >= 0.3 is 5.97 Å². The molecule has 1 aromatic rings. The van der Waals surface area contributed by atoms with Crippen molar-refractivity contribution in [1.29, 1.82) is 0 Å². The first-order valence-electron chi connectivity index (χ1n) is 8.16. The predicted octanol–water partition coefficient (Wildman–Crippen LogP) is 2.34. The summed E-state index contributed by atoms with van der Waals surface area (Å²) in [5, 5.41) is 6.64. The number of esters is 1. The van der Waals surface area contributed by atoms with E-state index in [1.807, 2.05) is 31.2 Å². The lowest BCUT2D eigenvalue weighted by molar-refractivity contribution is -0.136. The molecule has 1 aliphatic carbocycles. The van der Waals surface area contributed by atoms with E-state index in [1.54, 1.807) is 11.9 Å². The molecule has 1 amide bonds. The zero-order valence-electron chi connectivity index (χ0n) is 14.5. The van der Waals surface area contributed by atoms with Crippen molar-refractivity contribution in [2.45, 2.75) is 25.8 Å². The molecule has 25 heavy (non-hydrogen) atoms. The Morgan fingerprint density at radius 3 is 2.72 bits per heavy atom. The van der Waals surface area contributed by atoms with Gasteiger partial charge in [-0.15, -0.1) is 0 Å². The Kier molecular flexibility index (Phi) is 4.76. The molecule has 1 atom stereocenters. The number of carbonyl (C=O) groups excluding carboxylic acids is 2. The second kappa shape index (κ2) is 6.84. The van der Waals surface area contributed by atoms with Crippen LogP contribution in [0.15, 0.2) is 35.5 Å². The third-order valence-electron chi connectivity index (χ3n) is 4.59. The van der Waals surface area contributed by atoms with Gasteiger partial charge in [-0.1, -0.05) is 12.1 Å². The molecular weight excluding hydrogens is 338 g/mol. The van der Waals surface area contributed by atoms with E-state index in [9.17, 15) is 9.59 Å². The quantitative estimate of drug-likeness (QED) is 0.635. The van der Waals surface area contributed by atoms with Crippen LogP contribution in [0.5, 0.6) is 0 Å². The maximum absolute atomic E-state index is 12.3. The number of hydrogen-bond acceptors (Lipinski definition) is 4. The van der Waals surface area contributed by atoms with Crippen LogP contribution in [0.2, 0.25) is 0 Å². The summed E-state index contributed by atoms with van der Waals surface area (Å²) in [4.78, 5) is 26.1. The fraction of sp³-hybridized carbons (Fsp3) is 0.389. The summed E-state index contributed by atoms with van der Waals surface area (Å²) in [6.07, 6.45) is 1.90. The van der Waals surface area contributed by atoms with Crippen molar-refractivity contribution < 1.29 is 14.3 Å². The number of benzene rings is 1. The van der Waals surface area contributed by atoms with E-state index in [0.29, 0.717) is 16.4 Å². The zero-order valence-corrected chi connectivity index (χ0v) is 15.3. The summed E-state index contributed by atoms with van der Waals surface area (Å²) in [6, 6.07) is 7.03. The first-order chi connectivity index (χ1) is 11.9. The van der Waals surface area contributed by atoms with Crippen LogP contribution >= 0.6 is 12.2 Å². The highest BCUT2D eigenvalue weighted by Crippen LogP contribution is 2.33. The lowest BCUT2D eigenvalue weighted by atomic mass is 9.95. The fourth-order valence-electron chi connectivity index (χ4n) is 2.85. The molecule has 0 saturated heterocycles. The molecule has 0 bridgehead atoms. The maximum atomic E-state index is 12.3. The molecule has 6 nitrogen and oxygen atoms in total. The molecule has 7 heteroatoms. The topological polar surface area (TPSA) is 70.7 Å². The molecule has 1 heterocycles. The van der Waals surface area contributed by atoms with Crippen LogP contribution in [0.3, 0.4) is 0 Å². The SMILES string of the molecule is COC(=O)C1=C(C)N(C)C(=S)NC1c1cccc(NC(=O)C2CC2)c1. The molecule has 0 aromatic heterocycles. The number of carbonyl (C=O) groups is 2. The van der Waals surface area contributed by atoms with Gasteiger partial charge in [0.05, 0.1) is 18.7 Å². The average Bonchev–Trinajstić information content (AvgIpc) is 3.44. The molecule has 2 aliphatic rings. The highest BCUT2D eigenvalue weighted by molar-refractivity contribution is 7.80. The van der Waals surface area contributed by atoms with E-state index >= 15 is 0 Å². The zero-order chi connectivity index (χ0) is 18.1. The predicted molar refractivity (Wildman–Crippen MR) is 98.7 cm³/mol. The molecule has 1 aromatic carbocycles. The van der Waals surface area contributed by atoms with E-state index in [1.165, 1.54) is 7.11 Å². The van der Waals surface area contributed by atoms with E-state index in [4.69, 9.17) is 17.0 Å². The lowest BCUT2D eigenvalue weighted by Gasteiger charge is -2.35. The van der Waals surface area contributed by atoms with Gasteiger partial charge in [0, 0.05) is 24.4 Å². The summed E-state index contributed by atoms with van der Waals surface area (Å²) in [6.45, 7) is 1.84. The van der Waals surface area contributed by atoms with Crippen molar-refractivity contribution in [2.24, 2.45) is 5.92 Å². The molecule has 132 valence electrons. The third-order valence-corrected chi connectivity index (χ3v) is 4.99. The van der Waals surface area contributed by atoms with Gasteiger partial charge in [-0.05, 0) is 49.7 Å². The number of nitrogens with one attached hydrogen (secondary N) is 2. The molecule has 2 N–H and O–H groups in total. The largest absolute Gasteiger partial charge is 0.466 e. The Hall–Kier alpha value is -2.41. The van der Waals surface area contributed by atoms with Crippen molar-refractivity contribution in [1.82, 2.24) is 10.2 Å². The number of anilines is 1. The number of methoxy groups -OCH3 is 1. The van der Waals surface area contributed by atoms with Gasteiger partial charge in [-0.3, -0.25) is 4.79 Å². The average molecular weight is 359 g/mol. The first kappa shape index (κ1) is 17.4. The second-order valence-corrected chi connectivity index (χ2v) is 6.71. The van der Waals surface area contributed by atoms with Crippen molar-refractivity contribution in [3.8, 4) is 0 Å². The Morgan fingerprint density at radius 2 is 2.08 bits per heavy atom. The van der Waals surface area contributed by atoms with Crippen LogP contribution in [-0.2, 0) is 14.3 Å². The van der Waals surface area contributed by atoms with Gasteiger partial charge in [-0.2, -0.15) is 0 Å². The van der Waals surface area contributed by atoms with Crippen molar-refractivity contribution in [3.63, 3.8) is 0 Å². The Balaban J connectivity index is 1.94. The minimum absolute atomic E-state index is 0.0453. The standard InChI is InChI=1S/C18H21N3O3S/c1-10-14(17(23)24-3)15(20-18(25)21(10)2)12-5-4-6-13(9-12)19-16(22)11-7-8-11/h4-6,9,11,15H,7-8H2,1-3H3,(H,19,22)(H,20,25). The van der Waals surface area contributed by atoms with Gasteiger partial charge in [-0.25, -0.2) is 4.79 Å². The van der Waals surface area contributed by atoms with E-state index in [2.05, 4.69) is 10.6 Å². The number of hydrogen-bond donors (Lipinski definition) is 2. The highest BCUT2D eigenvalue weighted by atomic mass is 32.1. The summed E-state index contributed by atoms with van der Waals surface area (Å²) in [7, 11) is 3.16. The minimum Gasteiger partial charge on any atom is -0.466 e. The third kappa shape index (κ3) is 3.51. The van der Waals surface area contributed by atoms with Gasteiger partial charge in [0.25, 0.3) is 0 Å². The van der Waals surface area contributed by atoms with Crippen molar-refractivity contribution in [3.05, 3.63) is 41.1 Å². The maximum Gasteiger partial charge on any atom is 0.337 e. The molecule has 3 rings (SSSR count). The monoisotopic (exact) mass is 359 g/mol. The number of amides is 1. The fourth-order valence-corrected chi connectivity index (χ4v) is 3.10. The highest BCUT2D eigenvalue weighted by Gasteiger charge is 2.33.